The van der Waals surface area contributed by atoms with Crippen LogP contribution >= 0.6 is 11.3 Å². The number of piperazine rings is 1. The fourth-order valence-corrected chi connectivity index (χ4v) is 5.32. The first kappa shape index (κ1) is 17.8. The molecule has 1 aromatic carbocycles. The maximum absolute atomic E-state index is 13.4. The topological polar surface area (TPSA) is 36.4 Å². The molecule has 2 fully saturated rings. The molecule has 1 aliphatic heterocycles. The van der Waals surface area contributed by atoms with Crippen molar-refractivity contribution >= 4 is 28.1 Å². The largest absolute Gasteiger partial charge is 0.336 e. The molecule has 3 aromatic rings. The quantitative estimate of drug-likeness (QED) is 0.651. The zero-order valence-electron chi connectivity index (χ0n) is 16.0. The first-order valence-electron chi connectivity index (χ1n) is 10.3. The van der Waals surface area contributed by atoms with Crippen molar-refractivity contribution in [2.75, 3.05) is 26.2 Å². The van der Waals surface area contributed by atoms with Crippen molar-refractivity contribution in [3.8, 4) is 10.6 Å². The standard InChI is InChI=1S/C23H25N3OS/c27-23(26-13-11-25(12-14-26)17-6-1-2-7-17)19-16-21(22-10-5-15-28-22)24-20-9-4-3-8-18(19)20/h3-5,8-10,15-17H,1-2,6-7,11-14H2. The number of hydrogen-bond acceptors (Lipinski definition) is 4. The summed E-state index contributed by atoms with van der Waals surface area (Å²) in [7, 11) is 0. The van der Waals surface area contributed by atoms with Gasteiger partial charge in [-0.15, -0.1) is 11.3 Å². The third-order valence-corrected chi connectivity index (χ3v) is 7.06. The predicted octanol–water partition coefficient (Wildman–Crippen LogP) is 4.66. The molecule has 5 heteroatoms. The van der Waals surface area contributed by atoms with Crippen molar-refractivity contribution in [3.05, 3.63) is 53.4 Å². The molecule has 144 valence electrons. The number of para-hydroxylation sites is 1. The molecule has 2 aromatic heterocycles. The molecule has 1 saturated carbocycles. The summed E-state index contributed by atoms with van der Waals surface area (Å²) in [6.07, 6.45) is 5.37. The molecule has 0 unspecified atom stereocenters. The van der Waals surface area contributed by atoms with Crippen LogP contribution in [0.5, 0.6) is 0 Å². The van der Waals surface area contributed by atoms with Crippen LogP contribution in [0.2, 0.25) is 0 Å². The van der Waals surface area contributed by atoms with Crippen LogP contribution in [0, 0.1) is 0 Å². The van der Waals surface area contributed by atoms with Gasteiger partial charge in [-0.05, 0) is 36.4 Å². The van der Waals surface area contributed by atoms with E-state index in [1.165, 1.54) is 25.7 Å². The smallest absolute Gasteiger partial charge is 0.254 e. The van der Waals surface area contributed by atoms with Gasteiger partial charge in [0.2, 0.25) is 0 Å². The highest BCUT2D eigenvalue weighted by Crippen LogP contribution is 2.29. The highest BCUT2D eigenvalue weighted by Gasteiger charge is 2.29. The van der Waals surface area contributed by atoms with Crippen LogP contribution in [0.15, 0.2) is 47.8 Å². The van der Waals surface area contributed by atoms with E-state index in [0.717, 1.165) is 59.3 Å². The number of hydrogen-bond donors (Lipinski definition) is 0. The predicted molar refractivity (Wildman–Crippen MR) is 115 cm³/mol. The Kier molecular flexibility index (Phi) is 4.87. The monoisotopic (exact) mass is 391 g/mol. The summed E-state index contributed by atoms with van der Waals surface area (Å²) in [6.45, 7) is 3.63. The SMILES string of the molecule is O=C(c1cc(-c2cccs2)nc2ccccc12)N1CCN(C2CCCC2)CC1. The molecule has 28 heavy (non-hydrogen) atoms. The van der Waals surface area contributed by atoms with Gasteiger partial charge in [0, 0.05) is 37.6 Å². The molecule has 5 rings (SSSR count). The average molecular weight is 392 g/mol. The Balaban J connectivity index is 1.43. The first-order chi connectivity index (χ1) is 13.8. The van der Waals surface area contributed by atoms with Gasteiger partial charge in [-0.2, -0.15) is 0 Å². The van der Waals surface area contributed by atoms with Gasteiger partial charge in [-0.1, -0.05) is 37.1 Å². The highest BCUT2D eigenvalue weighted by molar-refractivity contribution is 7.13. The van der Waals surface area contributed by atoms with Gasteiger partial charge in [0.05, 0.1) is 21.7 Å². The number of pyridine rings is 1. The van der Waals surface area contributed by atoms with Gasteiger partial charge < -0.3 is 4.90 Å². The number of rotatable bonds is 3. The fourth-order valence-electron chi connectivity index (χ4n) is 4.63. The van der Waals surface area contributed by atoms with E-state index >= 15 is 0 Å². The van der Waals surface area contributed by atoms with Gasteiger partial charge >= 0.3 is 0 Å². The van der Waals surface area contributed by atoms with Crippen LogP contribution in [0.3, 0.4) is 0 Å². The van der Waals surface area contributed by atoms with Crippen molar-refractivity contribution in [2.45, 2.75) is 31.7 Å². The number of carbonyl (C=O) groups excluding carboxylic acids is 1. The van der Waals surface area contributed by atoms with E-state index in [1.54, 1.807) is 11.3 Å². The Morgan fingerprint density at radius 1 is 1.00 bits per heavy atom. The van der Waals surface area contributed by atoms with Crippen LogP contribution in [-0.4, -0.2) is 52.9 Å². The summed E-state index contributed by atoms with van der Waals surface area (Å²) in [5, 5.41) is 3.00. The summed E-state index contributed by atoms with van der Waals surface area (Å²) < 4.78 is 0. The Labute approximate surface area is 169 Å². The van der Waals surface area contributed by atoms with Gasteiger partial charge in [-0.3, -0.25) is 9.69 Å². The van der Waals surface area contributed by atoms with E-state index in [2.05, 4.69) is 16.3 Å². The second kappa shape index (κ2) is 7.64. The van der Waals surface area contributed by atoms with Crippen molar-refractivity contribution in [1.82, 2.24) is 14.8 Å². The maximum Gasteiger partial charge on any atom is 0.254 e. The second-order valence-corrected chi connectivity index (χ2v) is 8.76. The van der Waals surface area contributed by atoms with Gasteiger partial charge in [0.25, 0.3) is 5.91 Å². The van der Waals surface area contributed by atoms with E-state index in [9.17, 15) is 4.79 Å². The lowest BCUT2D eigenvalue weighted by Gasteiger charge is -2.38. The Morgan fingerprint density at radius 3 is 2.54 bits per heavy atom. The molecule has 0 atom stereocenters. The maximum atomic E-state index is 13.4. The van der Waals surface area contributed by atoms with Crippen molar-refractivity contribution in [3.63, 3.8) is 0 Å². The summed E-state index contributed by atoms with van der Waals surface area (Å²) in [5.74, 6) is 0.141. The lowest BCUT2D eigenvalue weighted by Crippen LogP contribution is -2.51. The number of fused-ring (bicyclic) bond motifs is 1. The minimum Gasteiger partial charge on any atom is -0.336 e. The lowest BCUT2D eigenvalue weighted by molar-refractivity contribution is 0.0575. The molecule has 1 saturated heterocycles. The van der Waals surface area contributed by atoms with Crippen LogP contribution in [0.1, 0.15) is 36.0 Å². The van der Waals surface area contributed by atoms with E-state index in [-0.39, 0.29) is 5.91 Å². The van der Waals surface area contributed by atoms with Crippen LogP contribution < -0.4 is 0 Å². The molecule has 3 heterocycles. The minimum absolute atomic E-state index is 0.141. The van der Waals surface area contributed by atoms with Gasteiger partial charge in [0.1, 0.15) is 0 Å². The Bertz CT molecular complexity index is 971. The van der Waals surface area contributed by atoms with Crippen molar-refractivity contribution < 1.29 is 4.79 Å². The zero-order chi connectivity index (χ0) is 18.9. The van der Waals surface area contributed by atoms with Gasteiger partial charge in [0.15, 0.2) is 0 Å². The van der Waals surface area contributed by atoms with Crippen LogP contribution in [0.4, 0.5) is 0 Å². The second-order valence-electron chi connectivity index (χ2n) is 7.82. The lowest BCUT2D eigenvalue weighted by atomic mass is 10.0. The summed E-state index contributed by atoms with van der Waals surface area (Å²) in [5.41, 5.74) is 2.56. The number of nitrogens with zero attached hydrogens (tertiary/aromatic N) is 3. The zero-order valence-corrected chi connectivity index (χ0v) is 16.8. The molecule has 4 nitrogen and oxygen atoms in total. The molecule has 0 radical (unpaired) electrons. The number of aromatic nitrogens is 1. The molecule has 1 aliphatic carbocycles. The average Bonchev–Trinajstić information content (AvgIpc) is 3.47. The number of benzene rings is 1. The van der Waals surface area contributed by atoms with Crippen molar-refractivity contribution in [1.29, 1.82) is 0 Å². The highest BCUT2D eigenvalue weighted by atomic mass is 32.1. The third kappa shape index (κ3) is 3.33. The van der Waals surface area contributed by atoms with Crippen LogP contribution in [-0.2, 0) is 0 Å². The minimum atomic E-state index is 0.141. The normalized spacial score (nSPS) is 18.8. The van der Waals surface area contributed by atoms with E-state index < -0.39 is 0 Å². The third-order valence-electron chi connectivity index (χ3n) is 6.16. The fraction of sp³-hybridized carbons (Fsp3) is 0.391. The Morgan fingerprint density at radius 2 is 1.79 bits per heavy atom. The number of thiophene rings is 1. The number of amides is 1. The molecular formula is C23H25N3OS. The number of carbonyl (C=O) groups is 1. The van der Waals surface area contributed by atoms with E-state index in [0.29, 0.717) is 0 Å². The summed E-state index contributed by atoms with van der Waals surface area (Å²) in [4.78, 5) is 24.0. The van der Waals surface area contributed by atoms with Gasteiger partial charge in [-0.25, -0.2) is 4.98 Å². The van der Waals surface area contributed by atoms with E-state index in [1.807, 2.05) is 41.3 Å². The van der Waals surface area contributed by atoms with E-state index in [4.69, 9.17) is 4.98 Å². The molecular weight excluding hydrogens is 366 g/mol. The molecule has 0 N–H and O–H groups in total. The molecule has 2 aliphatic rings. The summed E-state index contributed by atoms with van der Waals surface area (Å²) >= 11 is 1.66. The molecule has 1 amide bonds. The first-order valence-corrected chi connectivity index (χ1v) is 11.1. The molecule has 0 spiro atoms. The van der Waals surface area contributed by atoms with Crippen LogP contribution in [0.25, 0.3) is 21.5 Å². The summed E-state index contributed by atoms with van der Waals surface area (Å²) in [6, 6.07) is 14.8. The Hall–Kier alpha value is -2.24. The molecule has 0 bridgehead atoms. The van der Waals surface area contributed by atoms with Crippen molar-refractivity contribution in [2.24, 2.45) is 0 Å².